The van der Waals surface area contributed by atoms with Crippen molar-refractivity contribution in [3.63, 3.8) is 0 Å². The minimum atomic E-state index is -0.644. The summed E-state index contributed by atoms with van der Waals surface area (Å²) in [6, 6.07) is 17.2. The minimum absolute atomic E-state index is 0.0311. The first-order valence-corrected chi connectivity index (χ1v) is 10.5. The second-order valence-corrected chi connectivity index (χ2v) is 7.73. The van der Waals surface area contributed by atoms with Crippen LogP contribution in [0.2, 0.25) is 5.02 Å². The lowest BCUT2D eigenvalue weighted by Gasteiger charge is -2.07. The fourth-order valence-corrected chi connectivity index (χ4v) is 3.41. The summed E-state index contributed by atoms with van der Waals surface area (Å²) >= 11 is 5.72. The number of nitrogens with two attached hydrogens (primary N) is 2. The number of hydrogen-bond donors (Lipinski definition) is 3. The zero-order valence-corrected chi connectivity index (χ0v) is 18.2. The molecule has 9 heteroatoms. The normalized spacial score (nSPS) is 11.2. The highest BCUT2D eigenvalue weighted by atomic mass is 35.5. The first-order chi connectivity index (χ1) is 15.9. The molecule has 7 nitrogen and oxygen atoms in total. The van der Waals surface area contributed by atoms with Gasteiger partial charge in [0.1, 0.15) is 11.6 Å². The van der Waals surface area contributed by atoms with Crippen LogP contribution in [0.3, 0.4) is 0 Å². The summed E-state index contributed by atoms with van der Waals surface area (Å²) in [6.45, 7) is 0.374. The van der Waals surface area contributed by atoms with Crippen LogP contribution >= 0.6 is 11.6 Å². The zero-order chi connectivity index (χ0) is 23.4. The Morgan fingerprint density at radius 2 is 1.85 bits per heavy atom. The van der Waals surface area contributed by atoms with Crippen LogP contribution in [0.4, 0.5) is 21.8 Å². The number of nitrogens with one attached hydrogen (secondary N) is 1. The van der Waals surface area contributed by atoms with Crippen LogP contribution in [0.25, 0.3) is 10.9 Å². The van der Waals surface area contributed by atoms with Crippen LogP contribution in [0.1, 0.15) is 21.5 Å². The number of hydrogen-bond acceptors (Lipinski definition) is 6. The van der Waals surface area contributed by atoms with Crippen molar-refractivity contribution >= 4 is 52.1 Å². The molecule has 0 aliphatic carbocycles. The van der Waals surface area contributed by atoms with Crippen LogP contribution < -0.4 is 16.8 Å². The predicted octanol–water partition coefficient (Wildman–Crippen LogP) is 4.31. The quantitative estimate of drug-likeness (QED) is 0.369. The lowest BCUT2D eigenvalue weighted by molar-refractivity contribution is 0.0950. The number of aromatic nitrogens is 2. The molecule has 0 aliphatic rings. The number of anilines is 2. The topological polar surface area (TPSA) is 119 Å². The Balaban J connectivity index is 1.35. The molecule has 0 radical (unpaired) electrons. The average molecular weight is 463 g/mol. The van der Waals surface area contributed by atoms with Crippen LogP contribution in [-0.4, -0.2) is 28.6 Å². The molecule has 0 saturated carbocycles. The molecule has 0 saturated heterocycles. The van der Waals surface area contributed by atoms with Gasteiger partial charge in [0.2, 0.25) is 5.95 Å². The van der Waals surface area contributed by atoms with Crippen molar-refractivity contribution in [2.45, 2.75) is 6.42 Å². The second kappa shape index (κ2) is 9.62. The maximum atomic E-state index is 13.8. The van der Waals surface area contributed by atoms with Gasteiger partial charge in [-0.05, 0) is 53.9 Å². The van der Waals surface area contributed by atoms with Gasteiger partial charge in [0.05, 0.1) is 16.8 Å². The molecular weight excluding hydrogens is 443 g/mol. The summed E-state index contributed by atoms with van der Waals surface area (Å²) in [5, 5.41) is 3.65. The Morgan fingerprint density at radius 1 is 1.06 bits per heavy atom. The first-order valence-electron chi connectivity index (χ1n) is 10.1. The van der Waals surface area contributed by atoms with E-state index in [1.165, 1.54) is 12.1 Å². The standard InChI is InChI=1S/C24H20ClFN6O/c25-16-5-7-18(20(26)11-16)23(33)29-10-9-14-1-3-15(4-2-14)13-30-17-6-8-21-19(12-17)22(27)32-24(28)31-21/h1-8,11-13H,9-10H2,(H,29,33)(H4,27,28,31,32). The number of amides is 1. The second-order valence-electron chi connectivity index (χ2n) is 7.30. The smallest absolute Gasteiger partial charge is 0.254 e. The lowest BCUT2D eigenvalue weighted by atomic mass is 10.1. The molecule has 1 aromatic heterocycles. The molecule has 0 atom stereocenters. The Kier molecular flexibility index (Phi) is 6.46. The SMILES string of the molecule is Nc1nc(N)c2cc(N=Cc3ccc(CCNC(=O)c4ccc(Cl)cc4F)cc3)ccc2n1. The van der Waals surface area contributed by atoms with Crippen molar-refractivity contribution < 1.29 is 9.18 Å². The number of carbonyl (C=O) groups excluding carboxylic acids is 1. The van der Waals surface area contributed by atoms with Crippen molar-refractivity contribution in [1.82, 2.24) is 15.3 Å². The molecule has 33 heavy (non-hydrogen) atoms. The van der Waals surface area contributed by atoms with E-state index in [1.54, 1.807) is 18.3 Å². The molecule has 4 aromatic rings. The van der Waals surface area contributed by atoms with E-state index in [0.29, 0.717) is 35.4 Å². The third kappa shape index (κ3) is 5.42. The highest BCUT2D eigenvalue weighted by molar-refractivity contribution is 6.30. The van der Waals surface area contributed by atoms with Gasteiger partial charge in [0, 0.05) is 23.2 Å². The zero-order valence-electron chi connectivity index (χ0n) is 17.4. The molecular formula is C24H20ClFN6O. The molecule has 3 aromatic carbocycles. The van der Waals surface area contributed by atoms with Gasteiger partial charge in [-0.15, -0.1) is 0 Å². The van der Waals surface area contributed by atoms with Gasteiger partial charge < -0.3 is 16.8 Å². The molecule has 0 aliphatic heterocycles. The summed E-state index contributed by atoms with van der Waals surface area (Å²) in [7, 11) is 0. The maximum absolute atomic E-state index is 13.8. The molecule has 5 N–H and O–H groups in total. The molecule has 0 unspecified atom stereocenters. The number of aliphatic imine (C=N–C) groups is 1. The van der Waals surface area contributed by atoms with Gasteiger partial charge in [-0.2, -0.15) is 4.98 Å². The number of benzene rings is 3. The van der Waals surface area contributed by atoms with Crippen LogP contribution in [-0.2, 0) is 6.42 Å². The van der Waals surface area contributed by atoms with Crippen LogP contribution in [0, 0.1) is 5.82 Å². The summed E-state index contributed by atoms with van der Waals surface area (Å²) in [5.74, 6) is -0.677. The van der Waals surface area contributed by atoms with E-state index < -0.39 is 11.7 Å². The lowest BCUT2D eigenvalue weighted by Crippen LogP contribution is -2.26. The van der Waals surface area contributed by atoms with Crippen molar-refractivity contribution in [2.24, 2.45) is 4.99 Å². The van der Waals surface area contributed by atoms with Crippen molar-refractivity contribution in [3.05, 3.63) is 88.2 Å². The van der Waals surface area contributed by atoms with E-state index in [9.17, 15) is 9.18 Å². The van der Waals surface area contributed by atoms with Gasteiger partial charge in [0.25, 0.3) is 5.91 Å². The Morgan fingerprint density at radius 3 is 2.61 bits per heavy atom. The van der Waals surface area contributed by atoms with Gasteiger partial charge >= 0.3 is 0 Å². The van der Waals surface area contributed by atoms with Crippen molar-refractivity contribution in [1.29, 1.82) is 0 Å². The highest BCUT2D eigenvalue weighted by Gasteiger charge is 2.11. The number of nitrogen functional groups attached to an aromatic ring is 2. The average Bonchev–Trinajstić information content (AvgIpc) is 2.78. The van der Waals surface area contributed by atoms with Crippen LogP contribution in [0.5, 0.6) is 0 Å². The van der Waals surface area contributed by atoms with Gasteiger partial charge in [-0.1, -0.05) is 35.9 Å². The monoisotopic (exact) mass is 462 g/mol. The van der Waals surface area contributed by atoms with E-state index in [-0.39, 0.29) is 16.5 Å². The van der Waals surface area contributed by atoms with E-state index in [2.05, 4.69) is 20.3 Å². The third-order valence-electron chi connectivity index (χ3n) is 4.94. The van der Waals surface area contributed by atoms with Gasteiger partial charge in [0.15, 0.2) is 0 Å². The molecule has 4 rings (SSSR count). The van der Waals surface area contributed by atoms with Gasteiger partial charge in [-0.3, -0.25) is 9.79 Å². The summed E-state index contributed by atoms with van der Waals surface area (Å²) < 4.78 is 13.8. The summed E-state index contributed by atoms with van der Waals surface area (Å²) in [5.41, 5.74) is 14.8. The van der Waals surface area contributed by atoms with Crippen LogP contribution in [0.15, 0.2) is 65.7 Å². The number of halogens is 2. The van der Waals surface area contributed by atoms with E-state index in [0.717, 1.165) is 17.2 Å². The number of fused-ring (bicyclic) bond motifs is 1. The molecule has 0 fully saturated rings. The molecule has 0 spiro atoms. The highest BCUT2D eigenvalue weighted by Crippen LogP contribution is 2.24. The Hall–Kier alpha value is -4.04. The first kappa shape index (κ1) is 22.2. The van der Waals surface area contributed by atoms with E-state index in [1.807, 2.05) is 30.3 Å². The fraction of sp³-hybridized carbons (Fsp3) is 0.0833. The maximum Gasteiger partial charge on any atom is 0.254 e. The van der Waals surface area contributed by atoms with Gasteiger partial charge in [-0.25, -0.2) is 9.37 Å². The van der Waals surface area contributed by atoms with Crippen molar-refractivity contribution in [3.8, 4) is 0 Å². The molecule has 0 bridgehead atoms. The number of nitrogens with zero attached hydrogens (tertiary/aromatic N) is 3. The summed E-state index contributed by atoms with van der Waals surface area (Å²) in [6.07, 6.45) is 2.34. The third-order valence-corrected chi connectivity index (χ3v) is 5.18. The molecule has 1 amide bonds. The Bertz CT molecular complexity index is 1360. The molecule has 1 heterocycles. The fourth-order valence-electron chi connectivity index (χ4n) is 3.25. The minimum Gasteiger partial charge on any atom is -0.383 e. The summed E-state index contributed by atoms with van der Waals surface area (Å²) in [4.78, 5) is 24.7. The Labute approximate surface area is 194 Å². The predicted molar refractivity (Wildman–Crippen MR) is 130 cm³/mol. The number of rotatable bonds is 6. The number of carbonyl (C=O) groups is 1. The van der Waals surface area contributed by atoms with E-state index in [4.69, 9.17) is 23.1 Å². The molecule has 166 valence electrons. The van der Waals surface area contributed by atoms with E-state index >= 15 is 0 Å². The largest absolute Gasteiger partial charge is 0.383 e. The van der Waals surface area contributed by atoms with Crippen molar-refractivity contribution in [2.75, 3.05) is 18.0 Å².